The minimum Gasteiger partial charge on any atom is -0.374 e. The van der Waals surface area contributed by atoms with Crippen LogP contribution in [0.15, 0.2) is 54.6 Å². The second-order valence-electron chi connectivity index (χ2n) is 8.35. The van der Waals surface area contributed by atoms with E-state index < -0.39 is 0 Å². The molecule has 0 saturated carbocycles. The number of para-hydroxylation sites is 1. The third-order valence-electron chi connectivity index (χ3n) is 6.42. The van der Waals surface area contributed by atoms with Gasteiger partial charge in [0.05, 0.1) is 31.7 Å². The number of nitrogens with zero attached hydrogens (tertiary/aromatic N) is 3. The summed E-state index contributed by atoms with van der Waals surface area (Å²) in [4.78, 5) is 31.8. The van der Waals surface area contributed by atoms with Crippen LogP contribution in [-0.4, -0.2) is 66.5 Å². The number of fused-ring (bicyclic) bond motifs is 2. The van der Waals surface area contributed by atoms with Crippen LogP contribution in [-0.2, 0) is 27.3 Å². The van der Waals surface area contributed by atoms with E-state index in [2.05, 4.69) is 23.1 Å². The smallest absolute Gasteiger partial charge is 0.241 e. The van der Waals surface area contributed by atoms with E-state index in [1.807, 2.05) is 46.2 Å². The number of amides is 2. The van der Waals surface area contributed by atoms with Crippen molar-refractivity contribution in [2.45, 2.75) is 31.5 Å². The highest BCUT2D eigenvalue weighted by atomic mass is 16.5. The van der Waals surface area contributed by atoms with Crippen LogP contribution < -0.4 is 4.90 Å². The predicted octanol–water partition coefficient (Wildman–Crippen LogP) is 2.08. The maximum Gasteiger partial charge on any atom is 0.241 e. The van der Waals surface area contributed by atoms with Crippen LogP contribution in [0.1, 0.15) is 17.5 Å². The van der Waals surface area contributed by atoms with E-state index >= 15 is 0 Å². The molecule has 3 aliphatic heterocycles. The zero-order valence-corrected chi connectivity index (χ0v) is 17.1. The summed E-state index contributed by atoms with van der Waals surface area (Å²) in [7, 11) is 0. The molecule has 0 radical (unpaired) electrons. The fourth-order valence-electron chi connectivity index (χ4n) is 4.91. The van der Waals surface area contributed by atoms with E-state index in [0.29, 0.717) is 39.2 Å². The summed E-state index contributed by atoms with van der Waals surface area (Å²) in [6, 6.07) is 18.2. The normalized spacial score (nSPS) is 23.9. The molecule has 2 aromatic carbocycles. The lowest BCUT2D eigenvalue weighted by molar-refractivity contribution is -0.133. The third-order valence-corrected chi connectivity index (χ3v) is 6.42. The SMILES string of the molecule is O=C(CN1C[C@@H]2OCCC(=O)N(Cc3ccccc3)[C@H]2C1)N1CCc2ccccc21. The Hall–Kier alpha value is -2.70. The van der Waals surface area contributed by atoms with Gasteiger partial charge in [0.15, 0.2) is 0 Å². The first-order valence-electron chi connectivity index (χ1n) is 10.7. The molecule has 6 heteroatoms. The molecule has 2 aromatic rings. The largest absolute Gasteiger partial charge is 0.374 e. The van der Waals surface area contributed by atoms with Crippen molar-refractivity contribution in [3.63, 3.8) is 0 Å². The van der Waals surface area contributed by atoms with Crippen molar-refractivity contribution in [3.05, 3.63) is 65.7 Å². The van der Waals surface area contributed by atoms with Crippen molar-refractivity contribution in [3.8, 4) is 0 Å². The zero-order valence-electron chi connectivity index (χ0n) is 17.1. The highest BCUT2D eigenvalue weighted by molar-refractivity contribution is 5.96. The summed E-state index contributed by atoms with van der Waals surface area (Å²) in [5, 5.41) is 0. The van der Waals surface area contributed by atoms with Crippen LogP contribution in [0.3, 0.4) is 0 Å². The van der Waals surface area contributed by atoms with Crippen molar-refractivity contribution >= 4 is 17.5 Å². The van der Waals surface area contributed by atoms with Gasteiger partial charge in [-0.2, -0.15) is 0 Å². The molecule has 0 aromatic heterocycles. The minimum absolute atomic E-state index is 0.0149. The molecule has 3 heterocycles. The van der Waals surface area contributed by atoms with E-state index in [1.165, 1.54) is 5.56 Å². The highest BCUT2D eigenvalue weighted by Crippen LogP contribution is 2.29. The lowest BCUT2D eigenvalue weighted by Crippen LogP contribution is -2.45. The van der Waals surface area contributed by atoms with Gasteiger partial charge in [-0.1, -0.05) is 48.5 Å². The first-order valence-corrected chi connectivity index (χ1v) is 10.7. The molecule has 0 aliphatic carbocycles. The average Bonchev–Trinajstić information content (AvgIpc) is 3.33. The first kappa shape index (κ1) is 19.3. The fourth-order valence-corrected chi connectivity index (χ4v) is 4.91. The molecule has 156 valence electrons. The number of hydrogen-bond donors (Lipinski definition) is 0. The van der Waals surface area contributed by atoms with Crippen molar-refractivity contribution in [2.24, 2.45) is 0 Å². The van der Waals surface area contributed by atoms with Gasteiger partial charge in [0, 0.05) is 31.9 Å². The van der Waals surface area contributed by atoms with E-state index in [1.54, 1.807) is 0 Å². The number of carbonyl (C=O) groups excluding carboxylic acids is 2. The second-order valence-corrected chi connectivity index (χ2v) is 8.35. The molecule has 6 nitrogen and oxygen atoms in total. The monoisotopic (exact) mass is 405 g/mol. The average molecular weight is 405 g/mol. The number of likely N-dealkylation sites (tertiary alicyclic amines) is 1. The maximum absolute atomic E-state index is 13.0. The zero-order chi connectivity index (χ0) is 20.5. The number of ether oxygens (including phenoxy) is 1. The molecule has 2 fully saturated rings. The van der Waals surface area contributed by atoms with E-state index in [9.17, 15) is 9.59 Å². The van der Waals surface area contributed by atoms with Crippen molar-refractivity contribution in [1.82, 2.24) is 9.80 Å². The Morgan fingerprint density at radius 3 is 2.67 bits per heavy atom. The van der Waals surface area contributed by atoms with Crippen LogP contribution >= 0.6 is 0 Å². The molecular weight excluding hydrogens is 378 g/mol. The lowest BCUT2D eigenvalue weighted by Gasteiger charge is -2.30. The molecule has 2 amide bonds. The van der Waals surface area contributed by atoms with E-state index in [4.69, 9.17) is 4.74 Å². The molecule has 3 aliphatic rings. The number of rotatable bonds is 4. The van der Waals surface area contributed by atoms with Gasteiger partial charge in [0.2, 0.25) is 11.8 Å². The Labute approximate surface area is 177 Å². The van der Waals surface area contributed by atoms with Gasteiger partial charge < -0.3 is 14.5 Å². The van der Waals surface area contributed by atoms with Gasteiger partial charge in [0.1, 0.15) is 0 Å². The maximum atomic E-state index is 13.0. The van der Waals surface area contributed by atoms with Gasteiger partial charge in [-0.25, -0.2) is 0 Å². The van der Waals surface area contributed by atoms with Gasteiger partial charge in [-0.05, 0) is 23.6 Å². The summed E-state index contributed by atoms with van der Waals surface area (Å²) in [5.41, 5.74) is 3.39. The standard InChI is InChI=1S/C24H27N3O3/c28-23-11-13-30-22-16-25(15-21(22)27(23)14-18-6-2-1-3-7-18)17-24(29)26-12-10-19-8-4-5-9-20(19)26/h1-9,21-22H,10-17H2/t21-,22-/m0/s1. The molecular formula is C24H27N3O3. The van der Waals surface area contributed by atoms with Crippen LogP contribution in [0.5, 0.6) is 0 Å². The van der Waals surface area contributed by atoms with Gasteiger partial charge in [0.25, 0.3) is 0 Å². The molecule has 2 atom stereocenters. The molecule has 0 N–H and O–H groups in total. The van der Waals surface area contributed by atoms with Crippen LogP contribution in [0.4, 0.5) is 5.69 Å². The fraction of sp³-hybridized carbons (Fsp3) is 0.417. The van der Waals surface area contributed by atoms with Gasteiger partial charge in [-0.15, -0.1) is 0 Å². The predicted molar refractivity (Wildman–Crippen MR) is 114 cm³/mol. The summed E-state index contributed by atoms with van der Waals surface area (Å²) in [6.07, 6.45) is 1.29. The van der Waals surface area contributed by atoms with Crippen molar-refractivity contribution in [1.29, 1.82) is 0 Å². The Morgan fingerprint density at radius 1 is 1.00 bits per heavy atom. The Bertz CT molecular complexity index is 932. The van der Waals surface area contributed by atoms with E-state index in [-0.39, 0.29) is 24.0 Å². The summed E-state index contributed by atoms with van der Waals surface area (Å²) >= 11 is 0. The lowest BCUT2D eigenvalue weighted by atomic mass is 10.1. The molecule has 0 bridgehead atoms. The molecule has 2 saturated heterocycles. The summed E-state index contributed by atoms with van der Waals surface area (Å²) < 4.78 is 6.03. The van der Waals surface area contributed by atoms with Crippen LogP contribution in [0.2, 0.25) is 0 Å². The Kier molecular flexibility index (Phi) is 5.27. The van der Waals surface area contributed by atoms with Crippen LogP contribution in [0, 0.1) is 0 Å². The van der Waals surface area contributed by atoms with Crippen molar-refractivity contribution < 1.29 is 14.3 Å². The third kappa shape index (κ3) is 3.73. The topological polar surface area (TPSA) is 53.1 Å². The summed E-state index contributed by atoms with van der Waals surface area (Å²) in [5.74, 6) is 0.255. The highest BCUT2D eigenvalue weighted by Gasteiger charge is 2.42. The number of anilines is 1. The number of hydrogen-bond acceptors (Lipinski definition) is 4. The van der Waals surface area contributed by atoms with Gasteiger partial charge >= 0.3 is 0 Å². The Balaban J connectivity index is 1.28. The summed E-state index contributed by atoms with van der Waals surface area (Å²) in [6.45, 7) is 3.50. The quantitative estimate of drug-likeness (QED) is 0.782. The van der Waals surface area contributed by atoms with E-state index in [0.717, 1.165) is 24.2 Å². The molecule has 30 heavy (non-hydrogen) atoms. The second kappa shape index (κ2) is 8.20. The molecule has 5 rings (SSSR count). The number of benzene rings is 2. The number of carbonyl (C=O) groups is 2. The minimum atomic E-state index is -0.0428. The van der Waals surface area contributed by atoms with Gasteiger partial charge in [-0.3, -0.25) is 14.5 Å². The Morgan fingerprint density at radius 2 is 1.80 bits per heavy atom. The van der Waals surface area contributed by atoms with Crippen molar-refractivity contribution in [2.75, 3.05) is 37.7 Å². The van der Waals surface area contributed by atoms with Crippen LogP contribution in [0.25, 0.3) is 0 Å². The first-order chi connectivity index (χ1) is 14.7. The molecule has 0 unspecified atom stereocenters. The molecule has 0 spiro atoms.